The SMILES string of the molecule is O=C(O)CSC(CC(=O)c1ccc(I)cc1)c1cccc(Cl)c1. The summed E-state index contributed by atoms with van der Waals surface area (Å²) in [5, 5.41) is 9.25. The first-order valence-corrected chi connectivity index (χ1v) is 9.34. The Morgan fingerprint density at radius 2 is 1.87 bits per heavy atom. The van der Waals surface area contributed by atoms with Gasteiger partial charge in [0.2, 0.25) is 0 Å². The highest BCUT2D eigenvalue weighted by Crippen LogP contribution is 2.34. The summed E-state index contributed by atoms with van der Waals surface area (Å²) in [6.07, 6.45) is 0.235. The molecule has 0 radical (unpaired) electrons. The summed E-state index contributed by atoms with van der Waals surface area (Å²) in [5.41, 5.74) is 1.50. The Balaban J connectivity index is 2.18. The van der Waals surface area contributed by atoms with E-state index in [9.17, 15) is 9.59 Å². The largest absolute Gasteiger partial charge is 0.481 e. The molecule has 0 aliphatic rings. The lowest BCUT2D eigenvalue weighted by Gasteiger charge is -2.16. The number of aliphatic carboxylic acids is 1. The van der Waals surface area contributed by atoms with Gasteiger partial charge in [-0.3, -0.25) is 9.59 Å². The normalized spacial score (nSPS) is 11.9. The molecular formula is C17H14ClIO3S. The molecule has 0 amide bonds. The molecule has 0 bridgehead atoms. The van der Waals surface area contributed by atoms with Crippen molar-refractivity contribution < 1.29 is 14.7 Å². The Bertz CT molecular complexity index is 703. The van der Waals surface area contributed by atoms with E-state index < -0.39 is 5.97 Å². The Morgan fingerprint density at radius 3 is 2.48 bits per heavy atom. The fourth-order valence-corrected chi connectivity index (χ4v) is 3.58. The topological polar surface area (TPSA) is 54.4 Å². The Hall–Kier alpha value is -1.05. The predicted molar refractivity (Wildman–Crippen MR) is 102 cm³/mol. The molecule has 120 valence electrons. The van der Waals surface area contributed by atoms with Crippen molar-refractivity contribution in [2.24, 2.45) is 0 Å². The van der Waals surface area contributed by atoms with Crippen molar-refractivity contribution in [3.05, 3.63) is 68.3 Å². The van der Waals surface area contributed by atoms with Crippen LogP contribution in [0.2, 0.25) is 5.02 Å². The van der Waals surface area contributed by atoms with Crippen LogP contribution in [0.1, 0.15) is 27.6 Å². The van der Waals surface area contributed by atoms with E-state index in [0.717, 1.165) is 9.13 Å². The Morgan fingerprint density at radius 1 is 1.17 bits per heavy atom. The molecule has 0 saturated heterocycles. The van der Waals surface area contributed by atoms with Gasteiger partial charge >= 0.3 is 5.97 Å². The number of Topliss-reactive ketones (excluding diaryl/α,β-unsaturated/α-hetero) is 1. The highest BCUT2D eigenvalue weighted by Gasteiger charge is 2.19. The Labute approximate surface area is 157 Å². The zero-order chi connectivity index (χ0) is 16.8. The molecule has 0 aliphatic heterocycles. The zero-order valence-electron chi connectivity index (χ0n) is 12.0. The monoisotopic (exact) mass is 460 g/mol. The summed E-state index contributed by atoms with van der Waals surface area (Å²) >= 11 is 9.43. The van der Waals surface area contributed by atoms with Gasteiger partial charge in [-0.05, 0) is 52.4 Å². The van der Waals surface area contributed by atoms with Crippen LogP contribution in [0.5, 0.6) is 0 Å². The number of carboxylic acids is 1. The summed E-state index contributed by atoms with van der Waals surface area (Å²) in [6, 6.07) is 14.6. The van der Waals surface area contributed by atoms with Crippen molar-refractivity contribution in [1.82, 2.24) is 0 Å². The average molecular weight is 461 g/mol. The molecule has 0 aliphatic carbocycles. The fraction of sp³-hybridized carbons (Fsp3) is 0.176. The van der Waals surface area contributed by atoms with Gasteiger partial charge in [-0.15, -0.1) is 11.8 Å². The standard InChI is InChI=1S/C17H14ClIO3S/c18-13-3-1-2-12(8-13)16(23-10-17(21)22)9-15(20)11-4-6-14(19)7-5-11/h1-8,16H,9-10H2,(H,21,22). The van der Waals surface area contributed by atoms with Gasteiger partial charge in [-0.1, -0.05) is 35.9 Å². The first-order chi connectivity index (χ1) is 11.0. The second kappa shape index (κ2) is 8.70. The van der Waals surface area contributed by atoms with Gasteiger partial charge in [0.25, 0.3) is 0 Å². The molecule has 2 rings (SSSR count). The van der Waals surface area contributed by atoms with Gasteiger partial charge in [0.15, 0.2) is 5.78 Å². The van der Waals surface area contributed by atoms with E-state index >= 15 is 0 Å². The van der Waals surface area contributed by atoms with E-state index in [1.54, 1.807) is 30.3 Å². The lowest BCUT2D eigenvalue weighted by Crippen LogP contribution is -2.08. The molecule has 0 saturated carbocycles. The second-order valence-electron chi connectivity index (χ2n) is 4.88. The van der Waals surface area contributed by atoms with Crippen molar-refractivity contribution in [3.63, 3.8) is 0 Å². The van der Waals surface area contributed by atoms with Crippen molar-refractivity contribution in [3.8, 4) is 0 Å². The quantitative estimate of drug-likeness (QED) is 0.463. The maximum atomic E-state index is 12.5. The third kappa shape index (κ3) is 5.82. The number of rotatable bonds is 7. The number of thioether (sulfide) groups is 1. The number of hydrogen-bond acceptors (Lipinski definition) is 3. The molecule has 6 heteroatoms. The molecule has 0 fully saturated rings. The molecule has 1 atom stereocenters. The lowest BCUT2D eigenvalue weighted by molar-refractivity contribution is -0.133. The molecule has 1 N–H and O–H groups in total. The number of halogens is 2. The van der Waals surface area contributed by atoms with Gasteiger partial charge in [0.1, 0.15) is 0 Å². The minimum Gasteiger partial charge on any atom is -0.481 e. The fourth-order valence-electron chi connectivity index (χ4n) is 2.07. The van der Waals surface area contributed by atoms with Crippen molar-refractivity contribution in [2.45, 2.75) is 11.7 Å². The van der Waals surface area contributed by atoms with Gasteiger partial charge in [-0.25, -0.2) is 0 Å². The molecule has 1 unspecified atom stereocenters. The number of hydrogen-bond donors (Lipinski definition) is 1. The van der Waals surface area contributed by atoms with Crippen LogP contribution < -0.4 is 0 Å². The van der Waals surface area contributed by atoms with Crippen molar-refractivity contribution in [2.75, 3.05) is 5.75 Å². The molecule has 23 heavy (non-hydrogen) atoms. The van der Waals surface area contributed by atoms with Crippen LogP contribution in [-0.4, -0.2) is 22.6 Å². The van der Waals surface area contributed by atoms with Crippen LogP contribution in [0, 0.1) is 3.57 Å². The summed E-state index contributed by atoms with van der Waals surface area (Å²) in [4.78, 5) is 23.3. The summed E-state index contributed by atoms with van der Waals surface area (Å²) in [6.45, 7) is 0. The third-order valence-corrected chi connectivity index (χ3v) is 5.37. The van der Waals surface area contributed by atoms with Crippen LogP contribution in [0.15, 0.2) is 48.5 Å². The molecular weight excluding hydrogens is 447 g/mol. The second-order valence-corrected chi connectivity index (χ2v) is 7.76. The number of carbonyl (C=O) groups is 2. The Kier molecular flexibility index (Phi) is 6.92. The van der Waals surface area contributed by atoms with Gasteiger partial charge in [-0.2, -0.15) is 0 Å². The molecule has 0 spiro atoms. The maximum absolute atomic E-state index is 12.5. The number of benzene rings is 2. The third-order valence-electron chi connectivity index (χ3n) is 3.17. The minimum absolute atomic E-state index is 0.00994. The van der Waals surface area contributed by atoms with E-state index in [2.05, 4.69) is 22.6 Å². The molecule has 2 aromatic carbocycles. The average Bonchev–Trinajstić information content (AvgIpc) is 2.51. The number of carbonyl (C=O) groups excluding carboxylic acids is 1. The maximum Gasteiger partial charge on any atom is 0.313 e. The van der Waals surface area contributed by atoms with Crippen LogP contribution in [0.25, 0.3) is 0 Å². The first kappa shape index (κ1) is 18.3. The van der Waals surface area contributed by atoms with Gasteiger partial charge < -0.3 is 5.11 Å². The number of ketones is 1. The highest BCUT2D eigenvalue weighted by atomic mass is 127. The summed E-state index contributed by atoms with van der Waals surface area (Å²) in [5.74, 6) is -0.968. The highest BCUT2D eigenvalue weighted by molar-refractivity contribution is 14.1. The van der Waals surface area contributed by atoms with E-state index in [4.69, 9.17) is 16.7 Å². The summed E-state index contributed by atoms with van der Waals surface area (Å²) < 4.78 is 1.06. The van der Waals surface area contributed by atoms with Crippen LogP contribution in [0.3, 0.4) is 0 Å². The van der Waals surface area contributed by atoms with E-state index in [0.29, 0.717) is 10.6 Å². The summed E-state index contributed by atoms with van der Waals surface area (Å²) in [7, 11) is 0. The van der Waals surface area contributed by atoms with Crippen LogP contribution >= 0.6 is 46.0 Å². The van der Waals surface area contributed by atoms with E-state index in [-0.39, 0.29) is 23.2 Å². The van der Waals surface area contributed by atoms with Crippen LogP contribution in [0.4, 0.5) is 0 Å². The van der Waals surface area contributed by atoms with E-state index in [1.165, 1.54) is 11.8 Å². The lowest BCUT2D eigenvalue weighted by atomic mass is 10.0. The van der Waals surface area contributed by atoms with Gasteiger partial charge in [0, 0.05) is 25.8 Å². The smallest absolute Gasteiger partial charge is 0.313 e. The molecule has 2 aromatic rings. The number of carboxylic acid groups (broad SMARTS) is 1. The van der Waals surface area contributed by atoms with Crippen molar-refractivity contribution in [1.29, 1.82) is 0 Å². The van der Waals surface area contributed by atoms with E-state index in [1.807, 2.05) is 18.2 Å². The minimum atomic E-state index is -0.899. The van der Waals surface area contributed by atoms with Gasteiger partial charge in [0.05, 0.1) is 5.75 Å². The molecule has 3 nitrogen and oxygen atoms in total. The molecule has 0 aromatic heterocycles. The molecule has 0 heterocycles. The first-order valence-electron chi connectivity index (χ1n) is 6.83. The van der Waals surface area contributed by atoms with Crippen molar-refractivity contribution >= 4 is 57.7 Å². The predicted octanol–water partition coefficient (Wildman–Crippen LogP) is 5.08. The zero-order valence-corrected chi connectivity index (χ0v) is 15.8. The van der Waals surface area contributed by atoms with Crippen LogP contribution in [-0.2, 0) is 4.79 Å².